The van der Waals surface area contributed by atoms with Crippen LogP contribution in [0.5, 0.6) is 11.5 Å². The number of aromatic nitrogens is 1. The fraction of sp³-hybridized carbons (Fsp3) is 0.250. The molecule has 3 aromatic rings. The van der Waals surface area contributed by atoms with E-state index in [1.54, 1.807) is 31.4 Å². The van der Waals surface area contributed by atoms with E-state index in [1.165, 1.54) is 6.07 Å². The molecule has 0 spiro atoms. The number of ether oxygens (including phenoxy) is 2. The van der Waals surface area contributed by atoms with Crippen molar-refractivity contribution < 1.29 is 13.9 Å². The first-order valence-electron chi connectivity index (χ1n) is 10.1. The van der Waals surface area contributed by atoms with Crippen molar-refractivity contribution in [2.75, 3.05) is 13.6 Å². The molecule has 0 aliphatic heterocycles. The van der Waals surface area contributed by atoms with Crippen molar-refractivity contribution in [3.8, 4) is 11.5 Å². The molecule has 0 amide bonds. The SMILES string of the molecule is CN=C(NCc1cccc(OCc2ccccn2)c1)NCC(C)Oc1ccccc1F.I. The summed E-state index contributed by atoms with van der Waals surface area (Å²) < 4.78 is 25.2. The van der Waals surface area contributed by atoms with E-state index < -0.39 is 0 Å². The largest absolute Gasteiger partial charge is 0.487 e. The van der Waals surface area contributed by atoms with E-state index in [1.807, 2.05) is 49.4 Å². The molecule has 0 bridgehead atoms. The maximum atomic E-state index is 13.7. The molecule has 32 heavy (non-hydrogen) atoms. The third kappa shape index (κ3) is 8.33. The quantitative estimate of drug-likeness (QED) is 0.233. The van der Waals surface area contributed by atoms with E-state index in [4.69, 9.17) is 9.47 Å². The summed E-state index contributed by atoms with van der Waals surface area (Å²) in [5.74, 6) is 1.27. The van der Waals surface area contributed by atoms with Crippen molar-refractivity contribution in [2.24, 2.45) is 4.99 Å². The molecular weight excluding hydrogens is 522 g/mol. The van der Waals surface area contributed by atoms with Gasteiger partial charge in [0.1, 0.15) is 18.5 Å². The van der Waals surface area contributed by atoms with Crippen molar-refractivity contribution in [3.63, 3.8) is 0 Å². The summed E-state index contributed by atoms with van der Waals surface area (Å²) in [6.45, 7) is 3.33. The average molecular weight is 550 g/mol. The van der Waals surface area contributed by atoms with Crippen molar-refractivity contribution in [3.05, 3.63) is 90.0 Å². The summed E-state index contributed by atoms with van der Waals surface area (Å²) in [5.41, 5.74) is 1.93. The van der Waals surface area contributed by atoms with Crippen LogP contribution in [0.15, 0.2) is 77.9 Å². The molecule has 1 unspecified atom stereocenters. The lowest BCUT2D eigenvalue weighted by molar-refractivity contribution is 0.214. The standard InChI is InChI=1S/C24H27FN4O2.HI/c1-18(31-23-12-4-3-11-22(23)25)15-28-24(26-2)29-16-19-8-7-10-21(14-19)30-17-20-9-5-6-13-27-20;/h3-14,18H,15-17H2,1-2H3,(H2,26,28,29);1H. The normalized spacial score (nSPS) is 11.8. The van der Waals surface area contributed by atoms with Crippen LogP contribution < -0.4 is 20.1 Å². The number of para-hydroxylation sites is 1. The molecule has 170 valence electrons. The van der Waals surface area contributed by atoms with Gasteiger partial charge in [-0.2, -0.15) is 0 Å². The number of halogens is 2. The summed E-state index contributed by atoms with van der Waals surface area (Å²) in [4.78, 5) is 8.48. The third-order valence-corrected chi connectivity index (χ3v) is 4.42. The molecule has 0 radical (unpaired) electrons. The number of nitrogens with zero attached hydrogens (tertiary/aromatic N) is 2. The Hall–Kier alpha value is -2.88. The second-order valence-electron chi connectivity index (χ2n) is 6.92. The van der Waals surface area contributed by atoms with Gasteiger partial charge in [0.15, 0.2) is 17.5 Å². The van der Waals surface area contributed by atoms with Gasteiger partial charge in [-0.1, -0.05) is 30.3 Å². The molecule has 1 aromatic heterocycles. The number of benzene rings is 2. The molecule has 8 heteroatoms. The Kier molecular flexibility index (Phi) is 10.7. The highest BCUT2D eigenvalue weighted by atomic mass is 127. The fourth-order valence-corrected chi connectivity index (χ4v) is 2.83. The topological polar surface area (TPSA) is 67.8 Å². The van der Waals surface area contributed by atoms with Gasteiger partial charge in [0.2, 0.25) is 0 Å². The zero-order chi connectivity index (χ0) is 21.9. The van der Waals surface area contributed by atoms with Crippen LogP contribution in [-0.4, -0.2) is 30.6 Å². The van der Waals surface area contributed by atoms with Crippen LogP contribution in [0.1, 0.15) is 18.2 Å². The van der Waals surface area contributed by atoms with Crippen molar-refractivity contribution in [1.29, 1.82) is 0 Å². The van der Waals surface area contributed by atoms with Gasteiger partial charge in [-0.05, 0) is 48.9 Å². The highest BCUT2D eigenvalue weighted by molar-refractivity contribution is 14.0. The Morgan fingerprint density at radius 2 is 1.88 bits per heavy atom. The van der Waals surface area contributed by atoms with Crippen LogP contribution in [0.25, 0.3) is 0 Å². The fourth-order valence-electron chi connectivity index (χ4n) is 2.83. The highest BCUT2D eigenvalue weighted by Gasteiger charge is 2.09. The van der Waals surface area contributed by atoms with Crippen LogP contribution in [0, 0.1) is 5.82 Å². The zero-order valence-corrected chi connectivity index (χ0v) is 20.5. The lowest BCUT2D eigenvalue weighted by atomic mass is 10.2. The van der Waals surface area contributed by atoms with Crippen molar-refractivity contribution >= 4 is 29.9 Å². The lowest BCUT2D eigenvalue weighted by Crippen LogP contribution is -2.41. The highest BCUT2D eigenvalue weighted by Crippen LogP contribution is 2.17. The van der Waals surface area contributed by atoms with Gasteiger partial charge in [0.25, 0.3) is 0 Å². The van der Waals surface area contributed by atoms with Gasteiger partial charge in [-0.15, -0.1) is 24.0 Å². The number of hydrogen-bond acceptors (Lipinski definition) is 4. The molecule has 2 N–H and O–H groups in total. The maximum Gasteiger partial charge on any atom is 0.191 e. The van der Waals surface area contributed by atoms with E-state index >= 15 is 0 Å². The smallest absolute Gasteiger partial charge is 0.191 e. The third-order valence-electron chi connectivity index (χ3n) is 4.42. The number of nitrogens with one attached hydrogen (secondary N) is 2. The Bertz CT molecular complexity index is 988. The molecule has 1 atom stereocenters. The monoisotopic (exact) mass is 550 g/mol. The first-order chi connectivity index (χ1) is 15.1. The number of rotatable bonds is 9. The van der Waals surface area contributed by atoms with Crippen LogP contribution in [0.4, 0.5) is 4.39 Å². The Balaban J connectivity index is 0.00000363. The number of hydrogen-bond donors (Lipinski definition) is 2. The van der Waals surface area contributed by atoms with Crippen molar-refractivity contribution in [1.82, 2.24) is 15.6 Å². The Morgan fingerprint density at radius 1 is 1.06 bits per heavy atom. The molecule has 0 saturated heterocycles. The van der Waals surface area contributed by atoms with Gasteiger partial charge >= 0.3 is 0 Å². The second kappa shape index (κ2) is 13.5. The van der Waals surface area contributed by atoms with E-state index in [-0.39, 0.29) is 41.6 Å². The van der Waals surface area contributed by atoms with E-state index in [0.717, 1.165) is 17.0 Å². The Labute approximate surface area is 205 Å². The molecule has 0 fully saturated rings. The van der Waals surface area contributed by atoms with Gasteiger partial charge < -0.3 is 20.1 Å². The first-order valence-corrected chi connectivity index (χ1v) is 10.1. The predicted molar refractivity (Wildman–Crippen MR) is 135 cm³/mol. The second-order valence-corrected chi connectivity index (χ2v) is 6.92. The summed E-state index contributed by atoms with van der Waals surface area (Å²) in [7, 11) is 1.70. The molecule has 6 nitrogen and oxygen atoms in total. The lowest BCUT2D eigenvalue weighted by Gasteiger charge is -2.18. The van der Waals surface area contributed by atoms with Gasteiger partial charge in [0.05, 0.1) is 12.2 Å². The minimum absolute atomic E-state index is 0. The van der Waals surface area contributed by atoms with Crippen molar-refractivity contribution in [2.45, 2.75) is 26.2 Å². The molecule has 0 aliphatic rings. The maximum absolute atomic E-state index is 13.7. The summed E-state index contributed by atoms with van der Waals surface area (Å²) in [6, 6.07) is 20.0. The van der Waals surface area contributed by atoms with Crippen LogP contribution in [0.3, 0.4) is 0 Å². The first kappa shape index (κ1) is 25.4. The predicted octanol–water partition coefficient (Wildman–Crippen LogP) is 4.55. The molecule has 1 heterocycles. The van der Waals surface area contributed by atoms with Gasteiger partial charge in [-0.3, -0.25) is 9.98 Å². The van der Waals surface area contributed by atoms with E-state index in [2.05, 4.69) is 20.6 Å². The van der Waals surface area contributed by atoms with Crippen LogP contribution >= 0.6 is 24.0 Å². The number of guanidine groups is 1. The molecular formula is C24H28FIN4O2. The minimum atomic E-state index is -0.373. The van der Waals surface area contributed by atoms with Crippen LogP contribution in [-0.2, 0) is 13.2 Å². The van der Waals surface area contributed by atoms with E-state index in [0.29, 0.717) is 25.7 Å². The summed E-state index contributed by atoms with van der Waals surface area (Å²) >= 11 is 0. The molecule has 2 aromatic carbocycles. The summed E-state index contributed by atoms with van der Waals surface area (Å²) in [5, 5.41) is 6.45. The molecule has 3 rings (SSSR count). The number of aliphatic imine (C=N–C) groups is 1. The van der Waals surface area contributed by atoms with Crippen LogP contribution in [0.2, 0.25) is 0 Å². The average Bonchev–Trinajstić information content (AvgIpc) is 2.80. The minimum Gasteiger partial charge on any atom is -0.487 e. The van der Waals surface area contributed by atoms with E-state index in [9.17, 15) is 4.39 Å². The summed E-state index contributed by atoms with van der Waals surface area (Å²) in [6.07, 6.45) is 1.51. The molecule has 0 aliphatic carbocycles. The zero-order valence-electron chi connectivity index (χ0n) is 18.1. The molecule has 0 saturated carbocycles. The van der Waals surface area contributed by atoms with Gasteiger partial charge in [-0.25, -0.2) is 4.39 Å². The Morgan fingerprint density at radius 3 is 2.62 bits per heavy atom. The number of pyridine rings is 1. The van der Waals surface area contributed by atoms with Gasteiger partial charge in [0, 0.05) is 19.8 Å².